The third-order valence-electron chi connectivity index (χ3n) is 4.31. The fraction of sp³-hybridized carbons (Fsp3) is 0.273. The third-order valence-corrected chi connectivity index (χ3v) is 4.31. The second kappa shape index (κ2) is 9.71. The van der Waals surface area contributed by atoms with E-state index in [0.29, 0.717) is 19.6 Å². The maximum Gasteiger partial charge on any atom is 0.333 e. The Kier molecular flexibility index (Phi) is 6.81. The van der Waals surface area contributed by atoms with E-state index < -0.39 is 12.1 Å². The minimum atomic E-state index is -0.967. The van der Waals surface area contributed by atoms with E-state index in [1.165, 1.54) is 7.11 Å². The van der Waals surface area contributed by atoms with Crippen LogP contribution in [0.1, 0.15) is 12.0 Å². The fourth-order valence-electron chi connectivity index (χ4n) is 2.79. The van der Waals surface area contributed by atoms with Crippen molar-refractivity contribution in [3.63, 3.8) is 0 Å². The molecule has 0 amide bonds. The van der Waals surface area contributed by atoms with Gasteiger partial charge in [-0.3, -0.25) is 4.98 Å². The number of fused-ring (bicyclic) bond motifs is 1. The monoisotopic (exact) mass is 381 g/mol. The quantitative estimate of drug-likeness (QED) is 0.539. The highest BCUT2D eigenvalue weighted by molar-refractivity contribution is 5.79. The van der Waals surface area contributed by atoms with E-state index in [2.05, 4.69) is 4.98 Å². The molecule has 0 spiro atoms. The van der Waals surface area contributed by atoms with Gasteiger partial charge in [-0.2, -0.15) is 0 Å². The molecule has 1 N–H and O–H groups in total. The minimum Gasteiger partial charge on any atom is -0.493 e. The first-order valence-electron chi connectivity index (χ1n) is 9.10. The van der Waals surface area contributed by atoms with Crippen LogP contribution in [0.2, 0.25) is 0 Å². The van der Waals surface area contributed by atoms with Gasteiger partial charge in [0.25, 0.3) is 0 Å². The van der Waals surface area contributed by atoms with Crippen molar-refractivity contribution in [2.45, 2.75) is 18.9 Å². The predicted octanol–water partition coefficient (Wildman–Crippen LogP) is 3.72. The molecule has 0 aliphatic carbocycles. The number of methoxy groups -OCH3 is 1. The molecule has 2 aromatic carbocycles. The van der Waals surface area contributed by atoms with Gasteiger partial charge in [0.05, 0.1) is 18.7 Å². The zero-order chi connectivity index (χ0) is 19.8. The summed E-state index contributed by atoms with van der Waals surface area (Å²) in [6.45, 7) is 1.09. The lowest BCUT2D eigenvalue weighted by molar-refractivity contribution is -0.148. The van der Waals surface area contributed by atoms with Crippen molar-refractivity contribution in [3.05, 3.63) is 66.4 Å². The SMILES string of the molecule is CO[C@@H](Cc1ccc(OCCCOc2ccc3ncccc3c2)cc1)C(=O)O. The van der Waals surface area contributed by atoms with Gasteiger partial charge in [0.2, 0.25) is 0 Å². The molecule has 0 saturated heterocycles. The number of hydrogen-bond acceptors (Lipinski definition) is 5. The van der Waals surface area contributed by atoms with Crippen LogP contribution >= 0.6 is 0 Å². The molecule has 1 aromatic heterocycles. The van der Waals surface area contributed by atoms with E-state index in [4.69, 9.17) is 19.3 Å². The fourth-order valence-corrected chi connectivity index (χ4v) is 2.79. The summed E-state index contributed by atoms with van der Waals surface area (Å²) in [7, 11) is 1.40. The molecule has 3 rings (SSSR count). The van der Waals surface area contributed by atoms with E-state index >= 15 is 0 Å². The number of pyridine rings is 1. The van der Waals surface area contributed by atoms with Crippen LogP contribution in [0.4, 0.5) is 0 Å². The minimum absolute atomic E-state index is 0.321. The Balaban J connectivity index is 1.40. The Morgan fingerprint density at radius 1 is 1.04 bits per heavy atom. The molecule has 1 atom stereocenters. The molecular weight excluding hydrogens is 358 g/mol. The first kappa shape index (κ1) is 19.6. The molecular formula is C22H23NO5. The number of carbonyl (C=O) groups is 1. The van der Waals surface area contributed by atoms with Gasteiger partial charge in [-0.25, -0.2) is 4.79 Å². The average molecular weight is 381 g/mol. The van der Waals surface area contributed by atoms with Gasteiger partial charge in [-0.1, -0.05) is 18.2 Å². The largest absolute Gasteiger partial charge is 0.493 e. The number of ether oxygens (including phenoxy) is 3. The molecule has 0 radical (unpaired) electrons. The predicted molar refractivity (Wildman–Crippen MR) is 106 cm³/mol. The molecule has 28 heavy (non-hydrogen) atoms. The van der Waals surface area contributed by atoms with Crippen LogP contribution in [0.25, 0.3) is 10.9 Å². The molecule has 6 nitrogen and oxygen atoms in total. The zero-order valence-corrected chi connectivity index (χ0v) is 15.7. The zero-order valence-electron chi connectivity index (χ0n) is 15.7. The van der Waals surface area contributed by atoms with Gasteiger partial charge in [0, 0.05) is 31.5 Å². The van der Waals surface area contributed by atoms with E-state index in [-0.39, 0.29) is 0 Å². The summed E-state index contributed by atoms with van der Waals surface area (Å²) < 4.78 is 16.4. The Morgan fingerprint density at radius 2 is 1.75 bits per heavy atom. The van der Waals surface area contributed by atoms with E-state index in [0.717, 1.165) is 34.4 Å². The summed E-state index contributed by atoms with van der Waals surface area (Å²) >= 11 is 0. The highest BCUT2D eigenvalue weighted by atomic mass is 16.5. The van der Waals surface area contributed by atoms with Gasteiger partial charge in [-0.15, -0.1) is 0 Å². The van der Waals surface area contributed by atoms with Gasteiger partial charge < -0.3 is 19.3 Å². The maximum atomic E-state index is 11.0. The Bertz CT molecular complexity index is 910. The molecule has 0 aliphatic heterocycles. The summed E-state index contributed by atoms with van der Waals surface area (Å²) in [4.78, 5) is 15.3. The lowest BCUT2D eigenvalue weighted by Gasteiger charge is -2.11. The average Bonchev–Trinajstić information content (AvgIpc) is 2.72. The number of aromatic nitrogens is 1. The van der Waals surface area contributed by atoms with Gasteiger partial charge in [0.15, 0.2) is 6.10 Å². The van der Waals surface area contributed by atoms with Crippen LogP contribution < -0.4 is 9.47 Å². The molecule has 0 aliphatic rings. The number of hydrogen-bond donors (Lipinski definition) is 1. The van der Waals surface area contributed by atoms with Crippen LogP contribution in [0, 0.1) is 0 Å². The standard InChI is InChI=1S/C22H23NO5/c1-26-21(22(24)25)14-16-5-7-18(8-6-16)27-12-3-13-28-19-9-10-20-17(15-19)4-2-11-23-20/h2,4-11,15,21H,3,12-14H2,1H3,(H,24,25)/t21-/m0/s1. The smallest absolute Gasteiger partial charge is 0.333 e. The number of carboxylic acid groups (broad SMARTS) is 1. The topological polar surface area (TPSA) is 77.9 Å². The van der Waals surface area contributed by atoms with Crippen molar-refractivity contribution in [2.75, 3.05) is 20.3 Å². The molecule has 0 unspecified atom stereocenters. The van der Waals surface area contributed by atoms with Gasteiger partial charge in [0.1, 0.15) is 11.5 Å². The number of carboxylic acids is 1. The van der Waals surface area contributed by atoms with Crippen molar-refractivity contribution in [1.29, 1.82) is 0 Å². The van der Waals surface area contributed by atoms with Crippen LogP contribution in [0.15, 0.2) is 60.8 Å². The molecule has 0 fully saturated rings. The van der Waals surface area contributed by atoms with Crippen molar-refractivity contribution in [3.8, 4) is 11.5 Å². The number of nitrogens with zero attached hydrogens (tertiary/aromatic N) is 1. The normalized spacial score (nSPS) is 11.9. The Morgan fingerprint density at radius 3 is 2.46 bits per heavy atom. The maximum absolute atomic E-state index is 11.0. The second-order valence-corrected chi connectivity index (χ2v) is 6.32. The summed E-state index contributed by atoms with van der Waals surface area (Å²) in [5.74, 6) is 0.589. The molecule has 0 bridgehead atoms. The van der Waals surface area contributed by atoms with E-state index in [1.54, 1.807) is 6.20 Å². The summed E-state index contributed by atoms with van der Waals surface area (Å²) in [5, 5.41) is 10.1. The summed E-state index contributed by atoms with van der Waals surface area (Å²) in [6.07, 6.45) is 2.00. The molecule has 146 valence electrons. The highest BCUT2D eigenvalue weighted by Crippen LogP contribution is 2.19. The number of aliphatic carboxylic acids is 1. The van der Waals surface area contributed by atoms with Gasteiger partial charge in [-0.05, 0) is 42.0 Å². The summed E-state index contributed by atoms with van der Waals surface area (Å²) in [5.41, 5.74) is 1.83. The third kappa shape index (κ3) is 5.44. The van der Waals surface area contributed by atoms with Crippen LogP contribution in [0.3, 0.4) is 0 Å². The number of benzene rings is 2. The van der Waals surface area contributed by atoms with E-state index in [9.17, 15) is 4.79 Å². The van der Waals surface area contributed by atoms with Crippen LogP contribution in [-0.4, -0.2) is 42.5 Å². The lowest BCUT2D eigenvalue weighted by atomic mass is 10.1. The van der Waals surface area contributed by atoms with Crippen molar-refractivity contribution in [1.82, 2.24) is 4.98 Å². The number of rotatable bonds is 10. The van der Waals surface area contributed by atoms with Crippen molar-refractivity contribution < 1.29 is 24.1 Å². The Labute approximate surface area is 163 Å². The second-order valence-electron chi connectivity index (χ2n) is 6.32. The first-order valence-corrected chi connectivity index (χ1v) is 9.10. The lowest BCUT2D eigenvalue weighted by Crippen LogP contribution is -2.24. The van der Waals surface area contributed by atoms with Crippen molar-refractivity contribution >= 4 is 16.9 Å². The van der Waals surface area contributed by atoms with Crippen molar-refractivity contribution in [2.24, 2.45) is 0 Å². The van der Waals surface area contributed by atoms with Crippen LogP contribution in [0.5, 0.6) is 11.5 Å². The Hall–Kier alpha value is -3.12. The highest BCUT2D eigenvalue weighted by Gasteiger charge is 2.16. The molecule has 1 heterocycles. The molecule has 6 heteroatoms. The molecule has 3 aromatic rings. The first-order chi connectivity index (χ1) is 13.7. The van der Waals surface area contributed by atoms with Gasteiger partial charge >= 0.3 is 5.97 Å². The molecule has 0 saturated carbocycles. The van der Waals surface area contributed by atoms with E-state index in [1.807, 2.05) is 54.6 Å². The summed E-state index contributed by atoms with van der Waals surface area (Å²) in [6, 6.07) is 17.1. The van der Waals surface area contributed by atoms with Crippen LogP contribution in [-0.2, 0) is 16.0 Å².